The second kappa shape index (κ2) is 16.6. The second-order valence-electron chi connectivity index (χ2n) is 17.4. The molecule has 2 aliphatic rings. The van der Waals surface area contributed by atoms with E-state index in [1.165, 1.54) is 41.5 Å². The number of nitriles is 2. The van der Waals surface area contributed by atoms with Gasteiger partial charge in [-0.05, 0) is 90.0 Å². The lowest BCUT2D eigenvalue weighted by molar-refractivity contribution is 1.28. The molecule has 0 bridgehead atoms. The molecule has 2 heterocycles. The van der Waals surface area contributed by atoms with Crippen LogP contribution in [-0.4, -0.2) is 16.1 Å². The molecule has 0 spiro atoms. The van der Waals surface area contributed by atoms with Crippen molar-refractivity contribution in [3.63, 3.8) is 0 Å². The van der Waals surface area contributed by atoms with Crippen LogP contribution in [0, 0.1) is 22.7 Å². The maximum atomic E-state index is 11.0. The molecule has 2 aliphatic heterocycles. The SMILES string of the molecule is N#Cc1cc(N2c3ccccc3[Si](c3ccccc3)(c3ccccc3)c3ccccc32)ccc1-c1ccc(N2c3ccccc3[Si](c3ccccc3)(c3ccccc3)c3ccccc32)cc1C#N. The molecule has 0 N–H and O–H groups in total. The zero-order valence-electron chi connectivity index (χ0n) is 37.0. The number of nitrogens with zero attached hydrogens (tertiary/aromatic N) is 4. The lowest BCUT2D eigenvalue weighted by Crippen LogP contribution is -2.77. The first-order valence-corrected chi connectivity index (χ1v) is 27.0. The number of hydrogen-bond donors (Lipinski definition) is 0. The van der Waals surface area contributed by atoms with E-state index in [2.05, 4.69) is 252 Å². The molecule has 0 radical (unpaired) electrons. The van der Waals surface area contributed by atoms with E-state index >= 15 is 0 Å². The average molecular weight is 899 g/mol. The summed E-state index contributed by atoms with van der Waals surface area (Å²) in [4.78, 5) is 4.64. The predicted octanol–water partition coefficient (Wildman–Crippen LogP) is 9.42. The summed E-state index contributed by atoms with van der Waals surface area (Å²) in [6.07, 6.45) is 0. The van der Waals surface area contributed by atoms with Gasteiger partial charge in [0.1, 0.15) is 0 Å². The van der Waals surface area contributed by atoms with E-state index in [-0.39, 0.29) is 0 Å². The summed E-state index contributed by atoms with van der Waals surface area (Å²) in [5, 5.41) is 32.4. The standard InChI is InChI=1S/C62H42N4Si2/c63-43-45-41-47(65-55-29-13-17-33-59(55)67(49-21-5-1-6-22-49,50-23-7-2-8-24-50)60-34-18-14-30-56(60)65)37-39-53(45)54-40-38-48(42-46(54)44-64)66-57-31-15-19-35-61(57)68(51-25-9-3-10-26-51,52-27-11-4-12-28-52)62-36-20-16-32-58(62)66/h1-42H. The lowest BCUT2D eigenvalue weighted by Gasteiger charge is -2.45. The summed E-state index contributed by atoms with van der Waals surface area (Å²) in [6, 6.07) is 96.4. The van der Waals surface area contributed by atoms with Gasteiger partial charge in [0.2, 0.25) is 0 Å². The van der Waals surface area contributed by atoms with E-state index in [0.717, 1.165) is 34.1 Å². The van der Waals surface area contributed by atoms with Crippen LogP contribution in [0.5, 0.6) is 0 Å². The quantitative estimate of drug-likeness (QED) is 0.150. The van der Waals surface area contributed by atoms with Crippen LogP contribution in [0.4, 0.5) is 34.1 Å². The number of rotatable bonds is 7. The Morgan fingerprint density at radius 2 is 0.529 bits per heavy atom. The molecular formula is C62H42N4Si2. The van der Waals surface area contributed by atoms with Crippen molar-refractivity contribution < 1.29 is 0 Å². The van der Waals surface area contributed by atoms with Crippen molar-refractivity contribution in [1.82, 2.24) is 0 Å². The number of anilines is 6. The van der Waals surface area contributed by atoms with Crippen molar-refractivity contribution in [2.75, 3.05) is 9.80 Å². The highest BCUT2D eigenvalue weighted by molar-refractivity contribution is 7.22. The van der Waals surface area contributed by atoms with Crippen molar-refractivity contribution in [2.24, 2.45) is 0 Å². The Morgan fingerprint density at radius 1 is 0.279 bits per heavy atom. The smallest absolute Gasteiger partial charge is 0.184 e. The Balaban J connectivity index is 0.990. The molecule has 0 aromatic heterocycles. The van der Waals surface area contributed by atoms with Gasteiger partial charge in [0, 0.05) is 45.3 Å². The molecule has 0 unspecified atom stereocenters. The van der Waals surface area contributed by atoms with Gasteiger partial charge in [-0.3, -0.25) is 0 Å². The third kappa shape index (κ3) is 6.03. The number of para-hydroxylation sites is 4. The minimum atomic E-state index is -2.80. The largest absolute Gasteiger partial charge is 0.311 e. The molecular weight excluding hydrogens is 857 g/mol. The van der Waals surface area contributed by atoms with Gasteiger partial charge in [-0.25, -0.2) is 0 Å². The zero-order chi connectivity index (χ0) is 45.7. The first kappa shape index (κ1) is 40.7. The van der Waals surface area contributed by atoms with Gasteiger partial charge in [-0.15, -0.1) is 0 Å². The first-order chi connectivity index (χ1) is 33.7. The van der Waals surface area contributed by atoms with Crippen molar-refractivity contribution in [2.45, 2.75) is 0 Å². The molecule has 318 valence electrons. The Labute approximate surface area is 399 Å². The molecule has 6 heteroatoms. The van der Waals surface area contributed by atoms with Crippen LogP contribution in [0.1, 0.15) is 11.1 Å². The van der Waals surface area contributed by atoms with Crippen LogP contribution >= 0.6 is 0 Å². The minimum Gasteiger partial charge on any atom is -0.311 e. The topological polar surface area (TPSA) is 54.1 Å². The van der Waals surface area contributed by atoms with Crippen molar-refractivity contribution in [3.8, 4) is 23.3 Å². The van der Waals surface area contributed by atoms with Gasteiger partial charge in [0.25, 0.3) is 0 Å². The summed E-state index contributed by atoms with van der Waals surface area (Å²) in [5.41, 5.74) is 8.58. The Bertz CT molecular complexity index is 3200. The van der Waals surface area contributed by atoms with E-state index in [4.69, 9.17) is 0 Å². The molecule has 4 nitrogen and oxygen atoms in total. The molecule has 0 amide bonds. The molecule has 10 aromatic carbocycles. The van der Waals surface area contributed by atoms with E-state index < -0.39 is 16.1 Å². The minimum absolute atomic E-state index is 0.497. The summed E-state index contributed by atoms with van der Waals surface area (Å²) in [5.74, 6) is 0. The molecule has 68 heavy (non-hydrogen) atoms. The van der Waals surface area contributed by atoms with Gasteiger partial charge in [-0.1, -0.05) is 206 Å². The number of benzene rings is 10. The van der Waals surface area contributed by atoms with E-state index in [1.807, 2.05) is 24.3 Å². The van der Waals surface area contributed by atoms with Crippen LogP contribution in [0.25, 0.3) is 11.1 Å². The molecule has 10 aromatic rings. The molecule has 0 aliphatic carbocycles. The lowest BCUT2D eigenvalue weighted by atomic mass is 9.94. The van der Waals surface area contributed by atoms with E-state index in [1.54, 1.807) is 0 Å². The third-order valence-corrected chi connectivity index (χ3v) is 23.8. The highest BCUT2D eigenvalue weighted by atomic mass is 28.3. The molecule has 0 atom stereocenters. The van der Waals surface area contributed by atoms with Gasteiger partial charge in [0.05, 0.1) is 23.3 Å². The van der Waals surface area contributed by atoms with Crippen LogP contribution in [0.15, 0.2) is 255 Å². The summed E-state index contributed by atoms with van der Waals surface area (Å²) in [7, 11) is -5.60. The van der Waals surface area contributed by atoms with Crippen molar-refractivity contribution in [1.29, 1.82) is 10.5 Å². The maximum absolute atomic E-state index is 11.0. The fourth-order valence-corrected chi connectivity index (χ4v) is 21.6. The fraction of sp³-hybridized carbons (Fsp3) is 0. The van der Waals surface area contributed by atoms with E-state index in [0.29, 0.717) is 22.3 Å². The summed E-state index contributed by atoms with van der Waals surface area (Å²) < 4.78 is 0. The Hall–Kier alpha value is -8.79. The van der Waals surface area contributed by atoms with Gasteiger partial charge in [0.15, 0.2) is 16.1 Å². The molecule has 0 saturated heterocycles. The average Bonchev–Trinajstić information content (AvgIpc) is 3.42. The maximum Gasteiger partial charge on any atom is 0.184 e. The predicted molar refractivity (Wildman–Crippen MR) is 285 cm³/mol. The number of fused-ring (bicyclic) bond motifs is 4. The Morgan fingerprint density at radius 3 is 0.794 bits per heavy atom. The molecule has 0 saturated carbocycles. The monoisotopic (exact) mass is 898 g/mol. The highest BCUT2D eigenvalue weighted by Crippen LogP contribution is 2.43. The first-order valence-electron chi connectivity index (χ1n) is 23.0. The van der Waals surface area contributed by atoms with Gasteiger partial charge >= 0.3 is 0 Å². The molecule has 12 rings (SSSR count). The normalized spacial score (nSPS) is 13.7. The van der Waals surface area contributed by atoms with Crippen LogP contribution in [-0.2, 0) is 0 Å². The summed E-state index contributed by atoms with van der Waals surface area (Å²) >= 11 is 0. The third-order valence-electron chi connectivity index (χ3n) is 14.1. The fourth-order valence-electron chi connectivity index (χ4n) is 11.4. The van der Waals surface area contributed by atoms with E-state index in [9.17, 15) is 10.5 Å². The number of hydrogen-bond acceptors (Lipinski definition) is 4. The van der Waals surface area contributed by atoms with Crippen LogP contribution in [0.2, 0.25) is 0 Å². The second-order valence-corrected chi connectivity index (χ2v) is 24.9. The highest BCUT2D eigenvalue weighted by Gasteiger charge is 2.50. The van der Waals surface area contributed by atoms with Crippen LogP contribution in [0.3, 0.4) is 0 Å². The summed E-state index contributed by atoms with van der Waals surface area (Å²) in [6.45, 7) is 0. The van der Waals surface area contributed by atoms with Gasteiger partial charge in [-0.2, -0.15) is 10.5 Å². The van der Waals surface area contributed by atoms with Crippen molar-refractivity contribution >= 4 is 91.8 Å². The van der Waals surface area contributed by atoms with Gasteiger partial charge < -0.3 is 9.80 Å². The molecule has 0 fully saturated rings. The van der Waals surface area contributed by atoms with Crippen molar-refractivity contribution in [3.05, 3.63) is 266 Å². The van der Waals surface area contributed by atoms with Crippen LogP contribution < -0.4 is 51.3 Å². The zero-order valence-corrected chi connectivity index (χ0v) is 39.0. The Kier molecular flexibility index (Phi) is 9.92.